The Morgan fingerprint density at radius 2 is 1.78 bits per heavy atom. The normalized spacial score (nSPS) is 25.6. The number of likely N-dealkylation sites (tertiary alicyclic amines) is 1. The maximum Gasteiger partial charge on any atom is 0.170 e. The first kappa shape index (κ1) is 12.8. The Morgan fingerprint density at radius 1 is 1.22 bits per heavy atom. The van der Waals surface area contributed by atoms with E-state index in [1.807, 2.05) is 17.0 Å². The van der Waals surface area contributed by atoms with E-state index in [2.05, 4.69) is 5.16 Å². The summed E-state index contributed by atoms with van der Waals surface area (Å²) in [6.45, 7) is 1.61. The third-order valence-electron chi connectivity index (χ3n) is 3.10. The van der Waals surface area contributed by atoms with Gasteiger partial charge in [-0.1, -0.05) is 29.4 Å². The number of benzene rings is 1. The summed E-state index contributed by atoms with van der Waals surface area (Å²) >= 11 is 0. The Morgan fingerprint density at radius 3 is 2.28 bits per heavy atom. The van der Waals surface area contributed by atoms with Gasteiger partial charge in [-0.25, -0.2) is 0 Å². The summed E-state index contributed by atoms with van der Waals surface area (Å²) in [6, 6.07) is 7.30. The Hall–Kier alpha value is -1.63. The second-order valence-electron chi connectivity index (χ2n) is 4.51. The topological polar surface area (TPSA) is 102 Å². The highest BCUT2D eigenvalue weighted by molar-refractivity contribution is 5.96. The zero-order chi connectivity index (χ0) is 13.1. The van der Waals surface area contributed by atoms with Crippen LogP contribution in [0.25, 0.3) is 0 Å². The standard InChI is InChI=1S/C12H17N3O3/c13-12(14-18)9-3-1-8(2-4-9)5-15-6-10(16)11(17)7-15/h1-4,10-11,16-18H,5-7H2,(H2,13,14). The minimum atomic E-state index is -0.665. The fourth-order valence-electron chi connectivity index (χ4n) is 2.07. The molecule has 6 nitrogen and oxygen atoms in total. The highest BCUT2D eigenvalue weighted by Gasteiger charge is 2.29. The lowest BCUT2D eigenvalue weighted by Gasteiger charge is -2.14. The maximum absolute atomic E-state index is 9.44. The zero-order valence-corrected chi connectivity index (χ0v) is 9.90. The average Bonchev–Trinajstić information content (AvgIpc) is 2.68. The van der Waals surface area contributed by atoms with Crippen LogP contribution in [0.5, 0.6) is 0 Å². The van der Waals surface area contributed by atoms with Crippen molar-refractivity contribution in [3.8, 4) is 0 Å². The first-order valence-corrected chi connectivity index (χ1v) is 5.75. The Bertz CT molecular complexity index is 423. The minimum Gasteiger partial charge on any atom is -0.409 e. The van der Waals surface area contributed by atoms with E-state index in [1.54, 1.807) is 12.1 Å². The van der Waals surface area contributed by atoms with Gasteiger partial charge in [-0.05, 0) is 5.56 Å². The largest absolute Gasteiger partial charge is 0.409 e. The van der Waals surface area contributed by atoms with Crippen molar-refractivity contribution in [2.24, 2.45) is 10.9 Å². The predicted octanol–water partition coefficient (Wildman–Crippen LogP) is -0.681. The van der Waals surface area contributed by atoms with E-state index in [1.165, 1.54) is 0 Å². The van der Waals surface area contributed by atoms with Crippen LogP contribution in [0.15, 0.2) is 29.4 Å². The minimum absolute atomic E-state index is 0.0774. The lowest BCUT2D eigenvalue weighted by atomic mass is 10.1. The van der Waals surface area contributed by atoms with Crippen LogP contribution >= 0.6 is 0 Å². The third-order valence-corrected chi connectivity index (χ3v) is 3.10. The molecule has 5 N–H and O–H groups in total. The summed E-state index contributed by atoms with van der Waals surface area (Å²) in [5.41, 5.74) is 7.17. The van der Waals surface area contributed by atoms with Gasteiger partial charge in [-0.15, -0.1) is 0 Å². The molecule has 2 unspecified atom stereocenters. The first-order chi connectivity index (χ1) is 8.60. The van der Waals surface area contributed by atoms with E-state index >= 15 is 0 Å². The first-order valence-electron chi connectivity index (χ1n) is 5.75. The SMILES string of the molecule is N/C(=N/O)c1ccc(CN2CC(O)C(O)C2)cc1. The van der Waals surface area contributed by atoms with Crippen LogP contribution < -0.4 is 5.73 Å². The molecule has 1 saturated heterocycles. The third kappa shape index (κ3) is 2.79. The molecule has 2 rings (SSSR count). The molecule has 0 spiro atoms. The Labute approximate surface area is 105 Å². The van der Waals surface area contributed by atoms with E-state index in [-0.39, 0.29) is 5.84 Å². The van der Waals surface area contributed by atoms with Gasteiger partial charge >= 0.3 is 0 Å². The van der Waals surface area contributed by atoms with Crippen LogP contribution in [0.2, 0.25) is 0 Å². The number of β-amino-alcohol motifs (C(OH)–C–C–N with tert-alkyl or cyclic N) is 2. The number of oxime groups is 1. The molecule has 1 aromatic rings. The molecule has 1 heterocycles. The van der Waals surface area contributed by atoms with Gasteiger partial charge in [0.2, 0.25) is 0 Å². The van der Waals surface area contributed by atoms with Gasteiger partial charge in [0, 0.05) is 25.2 Å². The fourth-order valence-corrected chi connectivity index (χ4v) is 2.07. The van der Waals surface area contributed by atoms with E-state index in [0.717, 1.165) is 5.56 Å². The van der Waals surface area contributed by atoms with Gasteiger partial charge in [-0.2, -0.15) is 0 Å². The number of amidine groups is 1. The van der Waals surface area contributed by atoms with Gasteiger partial charge in [-0.3, -0.25) is 4.90 Å². The molecule has 18 heavy (non-hydrogen) atoms. The number of nitrogens with two attached hydrogens (primary N) is 1. The summed E-state index contributed by atoms with van der Waals surface area (Å²) in [6.07, 6.45) is -1.33. The number of nitrogens with zero attached hydrogens (tertiary/aromatic N) is 2. The summed E-state index contributed by atoms with van der Waals surface area (Å²) in [7, 11) is 0. The molecule has 1 aromatic carbocycles. The number of hydrogen-bond acceptors (Lipinski definition) is 5. The van der Waals surface area contributed by atoms with Crippen molar-refractivity contribution in [1.29, 1.82) is 0 Å². The molecule has 0 aromatic heterocycles. The predicted molar refractivity (Wildman–Crippen MR) is 66.2 cm³/mol. The summed E-state index contributed by atoms with van der Waals surface area (Å²) in [5, 5.41) is 30.4. The van der Waals surface area contributed by atoms with Crippen LogP contribution in [0.1, 0.15) is 11.1 Å². The monoisotopic (exact) mass is 251 g/mol. The van der Waals surface area contributed by atoms with Gasteiger partial charge < -0.3 is 21.2 Å². The Balaban J connectivity index is 1.99. The van der Waals surface area contributed by atoms with E-state index in [9.17, 15) is 10.2 Å². The smallest absolute Gasteiger partial charge is 0.170 e. The van der Waals surface area contributed by atoms with Crippen LogP contribution in [-0.2, 0) is 6.54 Å². The molecule has 0 radical (unpaired) electrons. The van der Waals surface area contributed by atoms with Gasteiger partial charge in [0.1, 0.15) is 0 Å². The number of hydrogen-bond donors (Lipinski definition) is 4. The lowest BCUT2D eigenvalue weighted by Crippen LogP contribution is -2.22. The molecule has 0 aliphatic carbocycles. The molecule has 98 valence electrons. The lowest BCUT2D eigenvalue weighted by molar-refractivity contribution is 0.0572. The van der Waals surface area contributed by atoms with E-state index in [0.29, 0.717) is 25.2 Å². The van der Waals surface area contributed by atoms with Crippen molar-refractivity contribution in [1.82, 2.24) is 4.90 Å². The zero-order valence-electron chi connectivity index (χ0n) is 9.90. The molecule has 0 bridgehead atoms. The quantitative estimate of drug-likeness (QED) is 0.247. The molecular weight excluding hydrogens is 234 g/mol. The molecule has 0 amide bonds. The average molecular weight is 251 g/mol. The molecule has 1 aliphatic rings. The number of rotatable bonds is 3. The number of aliphatic hydroxyl groups excluding tert-OH is 2. The molecule has 2 atom stereocenters. The van der Waals surface area contributed by atoms with Crippen molar-refractivity contribution in [2.75, 3.05) is 13.1 Å². The van der Waals surface area contributed by atoms with Crippen molar-refractivity contribution in [3.63, 3.8) is 0 Å². The van der Waals surface area contributed by atoms with Crippen molar-refractivity contribution < 1.29 is 15.4 Å². The molecule has 1 aliphatic heterocycles. The summed E-state index contributed by atoms with van der Waals surface area (Å²) in [4.78, 5) is 1.98. The van der Waals surface area contributed by atoms with Gasteiger partial charge in [0.05, 0.1) is 12.2 Å². The van der Waals surface area contributed by atoms with Crippen LogP contribution in [0.4, 0.5) is 0 Å². The molecule has 6 heteroatoms. The second kappa shape index (κ2) is 5.34. The van der Waals surface area contributed by atoms with Crippen molar-refractivity contribution in [2.45, 2.75) is 18.8 Å². The molecule has 1 fully saturated rings. The summed E-state index contributed by atoms with van der Waals surface area (Å²) < 4.78 is 0. The van der Waals surface area contributed by atoms with Crippen LogP contribution in [0, 0.1) is 0 Å². The maximum atomic E-state index is 9.44. The number of aliphatic hydroxyl groups is 2. The van der Waals surface area contributed by atoms with E-state index in [4.69, 9.17) is 10.9 Å². The summed E-state index contributed by atoms with van der Waals surface area (Å²) in [5.74, 6) is 0.0774. The van der Waals surface area contributed by atoms with E-state index < -0.39 is 12.2 Å². The second-order valence-corrected chi connectivity index (χ2v) is 4.51. The highest BCUT2D eigenvalue weighted by atomic mass is 16.4. The Kier molecular flexibility index (Phi) is 3.81. The van der Waals surface area contributed by atoms with Crippen LogP contribution in [-0.4, -0.2) is 51.5 Å². The highest BCUT2D eigenvalue weighted by Crippen LogP contribution is 2.14. The fraction of sp³-hybridized carbons (Fsp3) is 0.417. The van der Waals surface area contributed by atoms with Gasteiger partial charge in [0.25, 0.3) is 0 Å². The molecular formula is C12H17N3O3. The van der Waals surface area contributed by atoms with Crippen LogP contribution in [0.3, 0.4) is 0 Å². The van der Waals surface area contributed by atoms with Gasteiger partial charge in [0.15, 0.2) is 5.84 Å². The molecule has 0 saturated carbocycles. The van der Waals surface area contributed by atoms with Crippen molar-refractivity contribution in [3.05, 3.63) is 35.4 Å². The van der Waals surface area contributed by atoms with Crippen molar-refractivity contribution >= 4 is 5.84 Å².